The number of carbonyl (C=O) groups excluding carboxylic acids is 8. The van der Waals surface area contributed by atoms with E-state index in [1.165, 1.54) is 47.1 Å². The number of nitrogens with zero attached hydrogens (tertiary/aromatic N) is 8. The van der Waals surface area contributed by atoms with Gasteiger partial charge in [-0.05, 0) is 265 Å². The Labute approximate surface area is 832 Å². The lowest BCUT2D eigenvalue weighted by Crippen LogP contribution is -2.54. The summed E-state index contributed by atoms with van der Waals surface area (Å²) in [6.45, 7) is 37.1. The number of Topliss-reactive ketones (excluding diaryl/α,β-unsaturated/α-hetero) is 2. The molecule has 9 atom stereocenters. The van der Waals surface area contributed by atoms with E-state index in [1.807, 2.05) is 187 Å². The van der Waals surface area contributed by atoms with E-state index in [2.05, 4.69) is 55.0 Å². The number of amides is 6. The number of halogens is 3. The minimum Gasteiger partial charge on any atom is -0.481 e. The number of likely N-dealkylation sites (tertiary alicyclic amines) is 2. The SMILES string of the molecule is C.CC(=O)C[C@H](NC(=O)[C@@H](CC(C)C)n1ccc(C)cc1=O)c1cncc(N2CCOC(C)(C)C2)c1.CC(=O)C[C@H](NC(=O)[C@H](CC(C)C)N1CC[C@H](C(F)(F)F)CC1=O)c1cncc(-c2c(C)cccc2C)c1.COC[C@@H](C(=O)N[C@@H](CC(=O)O)c1cccc(-c2c(C)cccc2C)c1)n1ccc(C)cc1=O.Cc1cccc(C)c1-c1cncc([C@@H](CC(=O)O)NC(=O)C(CC(C)C)N2CCCCC2=O)c1. The Morgan fingerprint density at radius 2 is 0.859 bits per heavy atom. The average Bonchev–Trinajstić information content (AvgIpc) is 0.782. The molecule has 31 heteroatoms. The molecule has 5 aromatic heterocycles. The predicted octanol–water partition coefficient (Wildman–Crippen LogP) is 18.3. The number of hydrogen-bond acceptors (Lipinski definition) is 18. The van der Waals surface area contributed by atoms with Gasteiger partial charge in [-0.25, -0.2) is 0 Å². The molecule has 1 unspecified atom stereocenters. The summed E-state index contributed by atoms with van der Waals surface area (Å²) in [4.78, 5) is 170. The zero-order chi connectivity index (χ0) is 104. The number of ketones is 2. The highest BCUT2D eigenvalue weighted by atomic mass is 19.4. The molecule has 0 radical (unpaired) electrons. The second kappa shape index (κ2) is 52.5. The van der Waals surface area contributed by atoms with Crippen LogP contribution in [0.5, 0.6) is 0 Å². The summed E-state index contributed by atoms with van der Waals surface area (Å²) in [5, 5.41) is 30.9. The van der Waals surface area contributed by atoms with Crippen LogP contribution in [0.2, 0.25) is 0 Å². The molecule has 3 aliphatic rings. The Morgan fingerprint density at radius 3 is 1.27 bits per heavy atom. The van der Waals surface area contributed by atoms with Crippen LogP contribution >= 0.6 is 0 Å². The van der Waals surface area contributed by atoms with Crippen molar-refractivity contribution in [3.8, 4) is 33.4 Å². The Balaban J connectivity index is 0.000000231. The average molecular weight is 1960 g/mol. The van der Waals surface area contributed by atoms with Crippen molar-refractivity contribution < 1.29 is 80.8 Å². The standard InChI is InChI=1S/C29H36F3N3O3.C27H38N4O4.C27H35N3O4.C27H30N2O5.CH4/c1-17(2)11-25(35-10-9-23(14-26(35)37)29(30,31)32)28(38)34-24(12-20(5)36)21-13-22(16-33-15-21)27-18(3)7-6-8-19(27)4;1-18(2)11-24(31-8-7-19(3)12-25(31)33)26(34)29-23(13-20(4)32)21-14-22(16-28-15-21)30-9-10-35-27(5,6)17-30;1-17(2)12-23(30-11-6-5-10-24(30)31)27(34)29-22(14-25(32)33)20-13-21(16-28-15-20)26-18(3)8-7-9-19(26)4;1-17-11-12-29(24(30)13-17)23(16-34-4)27(33)28-22(15-25(31)32)20-9-6-10-21(14-20)26-18(2)7-5-8-19(26)3;/h6-8,13,15-17,23-25H,9-12,14H2,1-5H3,(H,34,38);7-8,12,14-16,18,23-24H,9-11,13,17H2,1-6H3,(H,29,34);7-9,13,15-17,22-23H,5-6,10-12,14H2,1-4H3,(H,29,34)(H,32,33);5-14,22-23H,15-16H2,1-4H3,(H,28,33)(H,31,32);1H4/t23-,24-,25-;23-,24+;22-,23?;22-,23-;/m0010./s1. The van der Waals surface area contributed by atoms with Crippen molar-refractivity contribution in [2.45, 2.75) is 269 Å². The first-order valence-corrected chi connectivity index (χ1v) is 48.3. The number of morpholine rings is 1. The van der Waals surface area contributed by atoms with Crippen LogP contribution in [0, 0.1) is 79.1 Å². The first-order valence-electron chi connectivity index (χ1n) is 48.3. The highest BCUT2D eigenvalue weighted by Crippen LogP contribution is 2.39. The van der Waals surface area contributed by atoms with Crippen molar-refractivity contribution in [1.29, 1.82) is 0 Å². The molecular formula is C111H143F3N12O16. The molecule has 0 bridgehead atoms. The van der Waals surface area contributed by atoms with Gasteiger partial charge in [-0.1, -0.05) is 122 Å². The maximum Gasteiger partial charge on any atom is 0.392 e. The monoisotopic (exact) mass is 1960 g/mol. The number of aliphatic carboxylic acids is 2. The fraction of sp³-hybridized carbons (Fsp3) is 0.468. The Morgan fingerprint density at radius 1 is 0.472 bits per heavy atom. The van der Waals surface area contributed by atoms with Gasteiger partial charge in [0.05, 0.1) is 73.6 Å². The van der Waals surface area contributed by atoms with Crippen LogP contribution in [0.25, 0.3) is 33.4 Å². The lowest BCUT2D eigenvalue weighted by atomic mass is 9.91. The van der Waals surface area contributed by atoms with Crippen molar-refractivity contribution in [3.63, 3.8) is 0 Å². The molecule has 28 nitrogen and oxygen atoms in total. The molecular weight excluding hydrogens is 1810 g/mol. The quantitative estimate of drug-likeness (QED) is 0.0212. The highest BCUT2D eigenvalue weighted by molar-refractivity contribution is 5.91. The highest BCUT2D eigenvalue weighted by Gasteiger charge is 2.47. The van der Waals surface area contributed by atoms with Crippen LogP contribution in [-0.2, 0) is 57.4 Å². The Hall–Kier alpha value is -13.2. The van der Waals surface area contributed by atoms with Crippen molar-refractivity contribution >= 4 is 64.6 Å². The van der Waals surface area contributed by atoms with E-state index in [1.54, 1.807) is 73.5 Å². The van der Waals surface area contributed by atoms with Gasteiger partial charge in [0.25, 0.3) is 11.1 Å². The smallest absolute Gasteiger partial charge is 0.392 e. The molecule has 8 heterocycles. The van der Waals surface area contributed by atoms with Crippen LogP contribution in [0.3, 0.4) is 0 Å². The summed E-state index contributed by atoms with van der Waals surface area (Å²) in [6, 6.07) is 32.0. The molecule has 12 rings (SSSR count). The molecule has 6 amide bonds. The van der Waals surface area contributed by atoms with Crippen molar-refractivity contribution in [1.82, 2.24) is 55.2 Å². The van der Waals surface area contributed by atoms with E-state index in [0.29, 0.717) is 62.1 Å². The number of anilines is 1. The summed E-state index contributed by atoms with van der Waals surface area (Å²) in [5.41, 5.74) is 16.8. The maximum atomic E-state index is 13.6. The number of nitrogens with one attached hydrogen (secondary N) is 4. The largest absolute Gasteiger partial charge is 0.481 e. The van der Waals surface area contributed by atoms with Gasteiger partial charge in [0.1, 0.15) is 35.7 Å². The summed E-state index contributed by atoms with van der Waals surface area (Å²) in [6.07, 6.45) is 11.1. The number of benzene rings is 4. The van der Waals surface area contributed by atoms with Crippen LogP contribution in [0.1, 0.15) is 257 Å². The number of rotatable bonds is 36. The maximum absolute atomic E-state index is 13.6. The molecule has 0 spiro atoms. The van der Waals surface area contributed by atoms with Gasteiger partial charge >= 0.3 is 18.1 Å². The molecule has 3 aliphatic heterocycles. The molecule has 6 N–H and O–H groups in total. The molecule has 0 saturated carbocycles. The van der Waals surface area contributed by atoms with Gasteiger partial charge in [-0.15, -0.1) is 0 Å². The summed E-state index contributed by atoms with van der Waals surface area (Å²) < 4.78 is 53.4. The topological polar surface area (TPSA) is 370 Å². The first-order chi connectivity index (χ1) is 66.6. The summed E-state index contributed by atoms with van der Waals surface area (Å²) in [7, 11) is 1.45. The number of alkyl halides is 3. The second-order valence-corrected chi connectivity index (χ2v) is 39.4. The van der Waals surface area contributed by atoms with E-state index in [0.717, 1.165) is 109 Å². The van der Waals surface area contributed by atoms with Gasteiger partial charge in [0, 0.05) is 126 Å². The van der Waals surface area contributed by atoms with E-state index < -0.39 is 96.5 Å². The lowest BCUT2D eigenvalue weighted by molar-refractivity contribution is -0.191. The fourth-order valence-electron chi connectivity index (χ4n) is 18.5. The third kappa shape index (κ3) is 32.7. The minimum atomic E-state index is -4.45. The van der Waals surface area contributed by atoms with Crippen LogP contribution in [0.4, 0.5) is 18.9 Å². The van der Waals surface area contributed by atoms with E-state index in [4.69, 9.17) is 9.47 Å². The van der Waals surface area contributed by atoms with Gasteiger partial charge < -0.3 is 64.8 Å². The first kappa shape index (κ1) is 114. The van der Waals surface area contributed by atoms with Crippen LogP contribution in [0.15, 0.2) is 180 Å². The number of aryl methyl sites for hydroxylation is 8. The van der Waals surface area contributed by atoms with Crippen molar-refractivity contribution in [2.24, 2.45) is 23.7 Å². The number of piperidine rings is 2. The van der Waals surface area contributed by atoms with Gasteiger partial charge in [-0.2, -0.15) is 13.2 Å². The van der Waals surface area contributed by atoms with Gasteiger partial charge in [0.2, 0.25) is 35.4 Å². The van der Waals surface area contributed by atoms with E-state index in [-0.39, 0.29) is 116 Å². The number of hydrogen-bond donors (Lipinski definition) is 6. The molecule has 764 valence electrons. The number of carboxylic acid groups (broad SMARTS) is 2. The van der Waals surface area contributed by atoms with E-state index >= 15 is 0 Å². The number of carbonyl (C=O) groups is 10. The number of ether oxygens (including phenoxy) is 2. The third-order valence-corrected chi connectivity index (χ3v) is 25.4. The zero-order valence-corrected chi connectivity index (χ0v) is 84.6. The molecule has 3 saturated heterocycles. The molecule has 0 aliphatic carbocycles. The number of pyridine rings is 5. The Bertz CT molecular complexity index is 5970. The van der Waals surface area contributed by atoms with Gasteiger partial charge in [-0.3, -0.25) is 72.5 Å². The third-order valence-electron chi connectivity index (χ3n) is 25.4. The van der Waals surface area contributed by atoms with Crippen LogP contribution in [-0.4, -0.2) is 173 Å². The van der Waals surface area contributed by atoms with E-state index in [9.17, 15) is 80.9 Å². The molecule has 4 aromatic carbocycles. The number of aromatic nitrogens is 5. The number of methoxy groups -OCH3 is 1. The molecule has 3 fully saturated rings. The van der Waals surface area contributed by atoms with Crippen LogP contribution < -0.4 is 37.3 Å². The van der Waals surface area contributed by atoms with Gasteiger partial charge in [0.15, 0.2) is 0 Å². The zero-order valence-electron chi connectivity index (χ0n) is 84.6. The predicted molar refractivity (Wildman–Crippen MR) is 544 cm³/mol. The number of carboxylic acids is 2. The molecule has 142 heavy (non-hydrogen) atoms. The summed E-state index contributed by atoms with van der Waals surface area (Å²) in [5.74, 6) is -5.79. The second-order valence-electron chi connectivity index (χ2n) is 39.4. The fourth-order valence-corrected chi connectivity index (χ4v) is 18.5. The van der Waals surface area contributed by atoms with Crippen molar-refractivity contribution in [2.75, 3.05) is 51.4 Å². The normalized spacial score (nSPS) is 15.8. The summed E-state index contributed by atoms with van der Waals surface area (Å²) >= 11 is 0. The van der Waals surface area contributed by atoms with Crippen molar-refractivity contribution in [3.05, 3.63) is 258 Å². The Kier molecular flexibility index (Phi) is 42.2. The lowest BCUT2D eigenvalue weighted by Gasteiger charge is -2.39. The molecule has 9 aromatic rings. The minimum absolute atomic E-state index is 0.